The van der Waals surface area contributed by atoms with Gasteiger partial charge in [0, 0.05) is 23.7 Å². The topological polar surface area (TPSA) is 99.1 Å². The predicted octanol–water partition coefficient (Wildman–Crippen LogP) is 3.29. The molecule has 1 heterocycles. The average Bonchev–Trinajstić information content (AvgIpc) is 3.17. The number of alkyl halides is 1. The van der Waals surface area contributed by atoms with Gasteiger partial charge in [-0.05, 0) is 64.0 Å². The van der Waals surface area contributed by atoms with E-state index in [-0.39, 0.29) is 24.8 Å². The van der Waals surface area contributed by atoms with Gasteiger partial charge in [0.25, 0.3) is 0 Å². The van der Waals surface area contributed by atoms with E-state index in [0.717, 1.165) is 6.08 Å². The number of allylic oxidation sites excluding steroid dienone is 4. The first-order valence-electron chi connectivity index (χ1n) is 12.2. The third kappa shape index (κ3) is 2.89. The molecule has 35 heavy (non-hydrogen) atoms. The summed E-state index contributed by atoms with van der Waals surface area (Å²) in [6, 6.07) is 0. The molecule has 3 saturated carbocycles. The Kier molecular flexibility index (Phi) is 5.15. The summed E-state index contributed by atoms with van der Waals surface area (Å²) >= 11 is 0. The van der Waals surface area contributed by atoms with Gasteiger partial charge in [-0.15, -0.1) is 0 Å². The van der Waals surface area contributed by atoms with Gasteiger partial charge < -0.3 is 19.3 Å². The minimum Gasteiger partial charge on any atom is -0.458 e. The first kappa shape index (κ1) is 24.7. The van der Waals surface area contributed by atoms with E-state index in [9.17, 15) is 23.9 Å². The summed E-state index contributed by atoms with van der Waals surface area (Å²) in [7, 11) is 0. The van der Waals surface area contributed by atoms with Crippen molar-refractivity contribution in [3.05, 3.63) is 23.6 Å². The number of ether oxygens (including phenoxy) is 3. The zero-order valence-corrected chi connectivity index (χ0v) is 20.7. The molecular weight excluding hydrogens is 462 g/mol. The second-order valence-corrected chi connectivity index (χ2v) is 11.6. The van der Waals surface area contributed by atoms with Crippen LogP contribution in [-0.4, -0.2) is 58.5 Å². The van der Waals surface area contributed by atoms with E-state index >= 15 is 4.39 Å². The summed E-state index contributed by atoms with van der Waals surface area (Å²) in [5.74, 6) is -5.12. The Morgan fingerprint density at radius 2 is 1.91 bits per heavy atom. The fourth-order valence-corrected chi connectivity index (χ4v) is 8.16. The molecular formula is C26H32F2O7. The molecule has 5 aliphatic rings. The molecule has 0 amide bonds. The Labute approximate surface area is 202 Å². The van der Waals surface area contributed by atoms with Crippen molar-refractivity contribution in [3.8, 4) is 0 Å². The second-order valence-electron chi connectivity index (χ2n) is 11.6. The van der Waals surface area contributed by atoms with Gasteiger partial charge in [-0.3, -0.25) is 14.4 Å². The van der Waals surface area contributed by atoms with Crippen molar-refractivity contribution in [2.45, 2.75) is 89.6 Å². The van der Waals surface area contributed by atoms with Crippen LogP contribution in [0.1, 0.15) is 60.3 Å². The van der Waals surface area contributed by atoms with Gasteiger partial charge in [0.15, 0.2) is 29.5 Å². The molecule has 1 aliphatic heterocycles. The quantitative estimate of drug-likeness (QED) is 0.601. The second kappa shape index (κ2) is 7.29. The first-order chi connectivity index (χ1) is 16.1. The van der Waals surface area contributed by atoms with Gasteiger partial charge in [0.05, 0.1) is 12.2 Å². The van der Waals surface area contributed by atoms with Crippen LogP contribution in [0.15, 0.2) is 23.6 Å². The van der Waals surface area contributed by atoms with E-state index in [1.54, 1.807) is 13.8 Å². The van der Waals surface area contributed by atoms with Crippen molar-refractivity contribution < 1.29 is 42.5 Å². The Morgan fingerprint density at radius 3 is 2.57 bits per heavy atom. The van der Waals surface area contributed by atoms with Crippen LogP contribution in [0.4, 0.5) is 8.78 Å². The van der Waals surface area contributed by atoms with Crippen molar-refractivity contribution in [2.75, 3.05) is 6.61 Å². The summed E-state index contributed by atoms with van der Waals surface area (Å²) in [5.41, 5.74) is -6.25. The molecule has 9 heteroatoms. The third-order valence-electron chi connectivity index (χ3n) is 9.55. The molecule has 192 valence electrons. The number of hydrogen-bond acceptors (Lipinski definition) is 7. The Bertz CT molecular complexity index is 1080. The average molecular weight is 495 g/mol. The Hall–Kier alpha value is -1.97. The number of aliphatic hydroxyl groups excluding tert-OH is 1. The number of ketones is 2. The number of carbonyl (C=O) groups excluding carboxylic acids is 3. The summed E-state index contributed by atoms with van der Waals surface area (Å²) < 4.78 is 49.7. The molecule has 8 atom stereocenters. The van der Waals surface area contributed by atoms with E-state index in [0.29, 0.717) is 6.42 Å². The van der Waals surface area contributed by atoms with Crippen molar-refractivity contribution >= 4 is 17.5 Å². The molecule has 0 aromatic carbocycles. The minimum absolute atomic E-state index is 0.0823. The largest absolute Gasteiger partial charge is 0.458 e. The van der Waals surface area contributed by atoms with Crippen LogP contribution in [0.2, 0.25) is 0 Å². The highest BCUT2D eigenvalue weighted by Crippen LogP contribution is 2.72. The lowest BCUT2D eigenvalue weighted by Crippen LogP contribution is -2.70. The maximum absolute atomic E-state index is 17.3. The highest BCUT2D eigenvalue weighted by molar-refractivity contribution is 6.04. The van der Waals surface area contributed by atoms with Crippen LogP contribution in [0.5, 0.6) is 0 Å². The van der Waals surface area contributed by atoms with Gasteiger partial charge in [-0.1, -0.05) is 13.0 Å². The van der Waals surface area contributed by atoms with Crippen LogP contribution in [-0.2, 0) is 28.6 Å². The number of rotatable bonds is 3. The lowest BCUT2D eigenvalue weighted by Gasteiger charge is -2.62. The highest BCUT2D eigenvalue weighted by atomic mass is 19.1. The molecule has 5 rings (SSSR count). The van der Waals surface area contributed by atoms with Gasteiger partial charge in [0.1, 0.15) is 0 Å². The zero-order valence-electron chi connectivity index (χ0n) is 20.7. The molecule has 4 aliphatic carbocycles. The van der Waals surface area contributed by atoms with Crippen molar-refractivity contribution in [1.82, 2.24) is 0 Å². The maximum atomic E-state index is 17.3. The SMILES string of the molecule is CC(=O)OCC(=O)[C@@]12OC(C)(C)O[C@@H]1C[C@H]1[C@@H]3CCC4=C(F)C(=O)C=C[C@]4(C)[C@@]3(F)[C@@H](O)C[C@@]12C. The van der Waals surface area contributed by atoms with Crippen LogP contribution < -0.4 is 0 Å². The molecule has 4 fully saturated rings. The molecule has 1 saturated heterocycles. The summed E-state index contributed by atoms with van der Waals surface area (Å²) in [6.45, 7) is 7.41. The van der Waals surface area contributed by atoms with Gasteiger partial charge in [-0.25, -0.2) is 8.78 Å². The molecule has 1 N–H and O–H groups in total. The first-order valence-corrected chi connectivity index (χ1v) is 12.2. The highest BCUT2D eigenvalue weighted by Gasteiger charge is 2.80. The van der Waals surface area contributed by atoms with Crippen LogP contribution in [0.3, 0.4) is 0 Å². The number of fused-ring (bicyclic) bond motifs is 7. The summed E-state index contributed by atoms with van der Waals surface area (Å²) in [4.78, 5) is 37.1. The fraction of sp³-hybridized carbons (Fsp3) is 0.731. The van der Waals surface area contributed by atoms with Crippen molar-refractivity contribution in [1.29, 1.82) is 0 Å². The van der Waals surface area contributed by atoms with E-state index in [4.69, 9.17) is 14.2 Å². The number of Topliss-reactive ketones (excluding diaryl/α,β-unsaturated/α-hetero) is 1. The molecule has 0 aromatic heterocycles. The molecule has 0 bridgehead atoms. The molecule has 0 aromatic rings. The Morgan fingerprint density at radius 1 is 1.23 bits per heavy atom. The molecule has 0 unspecified atom stereocenters. The van der Waals surface area contributed by atoms with Crippen LogP contribution in [0.25, 0.3) is 0 Å². The molecule has 0 spiro atoms. The molecule has 0 radical (unpaired) electrons. The van der Waals surface area contributed by atoms with Gasteiger partial charge >= 0.3 is 5.97 Å². The number of halogens is 2. The third-order valence-corrected chi connectivity index (χ3v) is 9.55. The van der Waals surface area contributed by atoms with E-state index in [1.807, 2.05) is 6.92 Å². The predicted molar refractivity (Wildman–Crippen MR) is 118 cm³/mol. The lowest BCUT2D eigenvalue weighted by molar-refractivity contribution is -0.246. The number of aliphatic hydroxyl groups is 1. The van der Waals surface area contributed by atoms with E-state index in [2.05, 4.69) is 0 Å². The van der Waals surface area contributed by atoms with Gasteiger partial charge in [-0.2, -0.15) is 0 Å². The van der Waals surface area contributed by atoms with Crippen molar-refractivity contribution in [2.24, 2.45) is 22.7 Å². The Balaban J connectivity index is 1.61. The smallest absolute Gasteiger partial charge is 0.303 e. The normalized spacial score (nSPS) is 47.6. The zero-order chi connectivity index (χ0) is 25.8. The van der Waals surface area contributed by atoms with E-state index in [1.165, 1.54) is 19.9 Å². The number of hydrogen-bond donors (Lipinski definition) is 1. The van der Waals surface area contributed by atoms with Crippen LogP contribution >= 0.6 is 0 Å². The van der Waals surface area contributed by atoms with E-state index < -0.39 is 81.9 Å². The monoisotopic (exact) mass is 494 g/mol. The van der Waals surface area contributed by atoms with Crippen LogP contribution in [0, 0.1) is 22.7 Å². The van der Waals surface area contributed by atoms with Crippen molar-refractivity contribution in [3.63, 3.8) is 0 Å². The molecule has 7 nitrogen and oxygen atoms in total. The lowest BCUT2D eigenvalue weighted by atomic mass is 9.44. The summed E-state index contributed by atoms with van der Waals surface area (Å²) in [6.07, 6.45) is 0.676. The number of carbonyl (C=O) groups is 3. The number of esters is 1. The maximum Gasteiger partial charge on any atom is 0.303 e. The minimum atomic E-state index is -2.26. The fourth-order valence-electron chi connectivity index (χ4n) is 8.16. The summed E-state index contributed by atoms with van der Waals surface area (Å²) in [5, 5.41) is 11.5. The standard InChI is InChI=1S/C26H32F2O7/c1-13(29)33-12-19(32)26-20(34-22(2,3)35-26)10-16-14-6-7-15-21(27)17(30)8-9-23(15,4)25(14,28)18(31)11-24(16,26)5/h8-9,14,16,18,20,31H,6-7,10-12H2,1-5H3/t14-,16-,18-,20+,23-,24-,25-,26+/m0/s1. The van der Waals surface area contributed by atoms with Gasteiger partial charge in [0.2, 0.25) is 11.6 Å².